The maximum absolute atomic E-state index is 8.79. The molecule has 0 bridgehead atoms. The minimum atomic E-state index is -0.310. The van der Waals surface area contributed by atoms with Crippen molar-refractivity contribution in [3.8, 4) is 6.07 Å². The van der Waals surface area contributed by atoms with E-state index in [4.69, 9.17) is 14.7 Å². The highest BCUT2D eigenvalue weighted by atomic mass is 16.7. The lowest BCUT2D eigenvalue weighted by Crippen LogP contribution is -2.26. The molecule has 3 heteroatoms. The smallest absolute Gasteiger partial charge is 0.168 e. The first-order chi connectivity index (χ1) is 6.26. The summed E-state index contributed by atoms with van der Waals surface area (Å²) in [5, 5.41) is 8.79. The van der Waals surface area contributed by atoms with Crippen LogP contribution in [0.5, 0.6) is 0 Å². The molecule has 1 saturated carbocycles. The number of nitrogens with zero attached hydrogens (tertiary/aromatic N) is 1. The van der Waals surface area contributed by atoms with Gasteiger partial charge in [0.15, 0.2) is 5.79 Å². The maximum atomic E-state index is 8.79. The van der Waals surface area contributed by atoms with E-state index in [2.05, 4.69) is 6.07 Å². The quantitative estimate of drug-likeness (QED) is 0.618. The fourth-order valence-electron chi connectivity index (χ4n) is 2.30. The van der Waals surface area contributed by atoms with E-state index in [0.717, 1.165) is 19.3 Å². The number of hydrogen-bond donors (Lipinski definition) is 0. The van der Waals surface area contributed by atoms with Gasteiger partial charge in [-0.25, -0.2) is 0 Å². The van der Waals surface area contributed by atoms with E-state index >= 15 is 0 Å². The fraction of sp³-hybridized carbons (Fsp3) is 0.900. The van der Waals surface area contributed by atoms with Gasteiger partial charge in [0.05, 0.1) is 19.3 Å². The summed E-state index contributed by atoms with van der Waals surface area (Å²) in [7, 11) is 0. The van der Waals surface area contributed by atoms with Crippen molar-refractivity contribution in [2.45, 2.75) is 32.0 Å². The molecule has 0 aromatic carbocycles. The van der Waals surface area contributed by atoms with E-state index in [0.29, 0.717) is 19.1 Å². The number of nitriles is 1. The molecule has 3 nitrogen and oxygen atoms in total. The summed E-state index contributed by atoms with van der Waals surface area (Å²) >= 11 is 0. The normalized spacial score (nSPS) is 33.4. The second-order valence-corrected chi connectivity index (χ2v) is 4.03. The molecule has 0 amide bonds. The van der Waals surface area contributed by atoms with E-state index in [1.165, 1.54) is 0 Å². The molecule has 1 aliphatic carbocycles. The minimum absolute atomic E-state index is 0.132. The van der Waals surface area contributed by atoms with Crippen molar-refractivity contribution < 1.29 is 9.47 Å². The van der Waals surface area contributed by atoms with Gasteiger partial charge in [-0.15, -0.1) is 0 Å². The lowest BCUT2D eigenvalue weighted by Gasteiger charge is -2.21. The second-order valence-electron chi connectivity index (χ2n) is 4.03. The third-order valence-corrected chi connectivity index (χ3v) is 3.19. The molecule has 1 heterocycles. The topological polar surface area (TPSA) is 42.2 Å². The average molecular weight is 181 g/mol. The molecule has 1 saturated heterocycles. The van der Waals surface area contributed by atoms with Gasteiger partial charge in [0.25, 0.3) is 0 Å². The summed E-state index contributed by atoms with van der Waals surface area (Å²) in [5.74, 6) is 0.283. The molecule has 0 aromatic rings. The Balaban J connectivity index is 1.97. The molecule has 1 spiro atoms. The molecular weight excluding hydrogens is 166 g/mol. The fourth-order valence-corrected chi connectivity index (χ4v) is 2.30. The first-order valence-electron chi connectivity index (χ1n) is 4.93. The predicted octanol–water partition coefficient (Wildman–Crippen LogP) is 1.69. The van der Waals surface area contributed by atoms with Gasteiger partial charge in [0.2, 0.25) is 0 Å². The predicted molar refractivity (Wildman–Crippen MR) is 46.8 cm³/mol. The maximum Gasteiger partial charge on any atom is 0.168 e. The van der Waals surface area contributed by atoms with Gasteiger partial charge >= 0.3 is 0 Å². The van der Waals surface area contributed by atoms with Crippen molar-refractivity contribution in [3.05, 3.63) is 0 Å². The number of ether oxygens (including phenoxy) is 2. The summed E-state index contributed by atoms with van der Waals surface area (Å²) < 4.78 is 11.2. The monoisotopic (exact) mass is 181 g/mol. The van der Waals surface area contributed by atoms with Crippen molar-refractivity contribution in [3.63, 3.8) is 0 Å². The lowest BCUT2D eigenvalue weighted by molar-refractivity contribution is -0.153. The van der Waals surface area contributed by atoms with Crippen LogP contribution in [0.15, 0.2) is 0 Å². The van der Waals surface area contributed by atoms with Crippen LogP contribution in [0.1, 0.15) is 26.2 Å². The Kier molecular flexibility index (Phi) is 2.27. The Morgan fingerprint density at radius 3 is 2.77 bits per heavy atom. The lowest BCUT2D eigenvalue weighted by atomic mass is 9.94. The van der Waals surface area contributed by atoms with Crippen LogP contribution in [-0.2, 0) is 9.47 Å². The van der Waals surface area contributed by atoms with Crippen molar-refractivity contribution in [2.24, 2.45) is 11.8 Å². The zero-order valence-electron chi connectivity index (χ0n) is 7.95. The standard InChI is InChI=1S/C10H15NO2/c1-8(7-11)9-2-3-10(6-9)12-4-5-13-10/h8-9H,2-6H2,1H3. The summed E-state index contributed by atoms with van der Waals surface area (Å²) in [6.07, 6.45) is 2.93. The molecule has 0 radical (unpaired) electrons. The number of hydrogen-bond acceptors (Lipinski definition) is 3. The third-order valence-electron chi connectivity index (χ3n) is 3.19. The largest absolute Gasteiger partial charge is 0.348 e. The molecule has 0 aromatic heterocycles. The van der Waals surface area contributed by atoms with Crippen molar-refractivity contribution in [2.75, 3.05) is 13.2 Å². The van der Waals surface area contributed by atoms with Crippen LogP contribution in [0.2, 0.25) is 0 Å². The van der Waals surface area contributed by atoms with Gasteiger partial charge in [0, 0.05) is 18.8 Å². The average Bonchev–Trinajstić information content (AvgIpc) is 2.76. The molecule has 2 rings (SSSR count). The van der Waals surface area contributed by atoms with Crippen molar-refractivity contribution in [1.82, 2.24) is 0 Å². The molecule has 2 fully saturated rings. The van der Waals surface area contributed by atoms with E-state index in [1.54, 1.807) is 0 Å². The third kappa shape index (κ3) is 1.56. The van der Waals surface area contributed by atoms with E-state index in [-0.39, 0.29) is 11.7 Å². The molecular formula is C10H15NO2. The number of rotatable bonds is 1. The van der Waals surface area contributed by atoms with Gasteiger partial charge in [0.1, 0.15) is 0 Å². The summed E-state index contributed by atoms with van der Waals surface area (Å²) in [6, 6.07) is 2.30. The molecule has 2 atom stereocenters. The highest BCUT2D eigenvalue weighted by Gasteiger charge is 2.45. The van der Waals surface area contributed by atoms with Crippen LogP contribution >= 0.6 is 0 Å². The minimum Gasteiger partial charge on any atom is -0.348 e. The van der Waals surface area contributed by atoms with E-state index in [1.807, 2.05) is 6.92 Å². The van der Waals surface area contributed by atoms with Crippen LogP contribution < -0.4 is 0 Å². The Bertz CT molecular complexity index is 228. The van der Waals surface area contributed by atoms with E-state index < -0.39 is 0 Å². The summed E-state index contributed by atoms with van der Waals surface area (Å²) in [5.41, 5.74) is 0. The van der Waals surface area contributed by atoms with Crippen molar-refractivity contribution in [1.29, 1.82) is 5.26 Å². The molecule has 13 heavy (non-hydrogen) atoms. The molecule has 72 valence electrons. The van der Waals surface area contributed by atoms with Gasteiger partial charge in [-0.3, -0.25) is 0 Å². The van der Waals surface area contributed by atoms with Crippen LogP contribution in [0.3, 0.4) is 0 Å². The van der Waals surface area contributed by atoms with Gasteiger partial charge in [-0.1, -0.05) is 0 Å². The Morgan fingerprint density at radius 1 is 1.46 bits per heavy atom. The van der Waals surface area contributed by atoms with Crippen LogP contribution in [0, 0.1) is 23.2 Å². The first-order valence-corrected chi connectivity index (χ1v) is 4.93. The van der Waals surface area contributed by atoms with Crippen LogP contribution in [0.4, 0.5) is 0 Å². The second kappa shape index (κ2) is 3.28. The Morgan fingerprint density at radius 2 is 2.15 bits per heavy atom. The summed E-state index contributed by atoms with van der Waals surface area (Å²) in [6.45, 7) is 3.42. The molecule has 2 unspecified atom stereocenters. The SMILES string of the molecule is CC(C#N)C1CCC2(C1)OCCO2. The van der Waals surface area contributed by atoms with E-state index in [9.17, 15) is 0 Å². The molecule has 0 N–H and O–H groups in total. The highest BCUT2D eigenvalue weighted by molar-refractivity contribution is 4.94. The Labute approximate surface area is 78.6 Å². The van der Waals surface area contributed by atoms with Gasteiger partial charge < -0.3 is 9.47 Å². The first kappa shape index (κ1) is 8.98. The zero-order chi connectivity index (χ0) is 9.31. The molecule has 1 aliphatic heterocycles. The highest BCUT2D eigenvalue weighted by Crippen LogP contribution is 2.43. The summed E-state index contributed by atoms with van der Waals surface area (Å²) in [4.78, 5) is 0. The van der Waals surface area contributed by atoms with Crippen molar-refractivity contribution >= 4 is 0 Å². The Hall–Kier alpha value is -0.590. The van der Waals surface area contributed by atoms with Gasteiger partial charge in [-0.2, -0.15) is 5.26 Å². The van der Waals surface area contributed by atoms with Gasteiger partial charge in [-0.05, 0) is 19.3 Å². The van der Waals surface area contributed by atoms with Crippen LogP contribution in [-0.4, -0.2) is 19.0 Å². The zero-order valence-corrected chi connectivity index (χ0v) is 7.95. The van der Waals surface area contributed by atoms with Crippen LogP contribution in [0.25, 0.3) is 0 Å². The molecule has 2 aliphatic rings.